The quantitative estimate of drug-likeness (QED) is 0.898. The van der Waals surface area contributed by atoms with E-state index in [1.165, 1.54) is 0 Å². The third-order valence-electron chi connectivity index (χ3n) is 4.33. The number of carbonyl (C=O) groups excluding carboxylic acids is 1. The first-order valence-electron chi connectivity index (χ1n) is 7.29. The minimum atomic E-state index is -1.15. The van der Waals surface area contributed by atoms with E-state index >= 15 is 0 Å². The van der Waals surface area contributed by atoms with Gasteiger partial charge in [0.2, 0.25) is 0 Å². The van der Waals surface area contributed by atoms with Crippen molar-refractivity contribution in [2.45, 2.75) is 51.6 Å². The number of halogens is 1. The molecule has 116 valence electrons. The van der Waals surface area contributed by atoms with Crippen LogP contribution < -0.4 is 5.32 Å². The Bertz CT molecular complexity index is 545. The standard InChI is InChI=1S/C15H21ClN2O3/c1-3-18-9-11(16)8-12(18)13(19)17-15(14(20)21)6-4-10(2)5-7-15/h8-10H,3-7H2,1-2H3,(H,17,19)(H,20,21). The number of carboxylic acid groups (broad SMARTS) is 1. The summed E-state index contributed by atoms with van der Waals surface area (Å²) in [4.78, 5) is 24.1. The predicted molar refractivity (Wildman–Crippen MR) is 80.6 cm³/mol. The van der Waals surface area contributed by atoms with Crippen molar-refractivity contribution < 1.29 is 14.7 Å². The lowest BCUT2D eigenvalue weighted by molar-refractivity contribution is -0.146. The van der Waals surface area contributed by atoms with Gasteiger partial charge < -0.3 is 15.0 Å². The van der Waals surface area contributed by atoms with Crippen molar-refractivity contribution in [3.05, 3.63) is 23.0 Å². The number of aliphatic carboxylic acids is 1. The van der Waals surface area contributed by atoms with Gasteiger partial charge in [-0.2, -0.15) is 0 Å². The number of rotatable bonds is 4. The van der Waals surface area contributed by atoms with Crippen LogP contribution in [0.3, 0.4) is 0 Å². The topological polar surface area (TPSA) is 71.3 Å². The largest absolute Gasteiger partial charge is 0.480 e. The van der Waals surface area contributed by atoms with Crippen LogP contribution in [-0.4, -0.2) is 27.1 Å². The fourth-order valence-corrected chi connectivity index (χ4v) is 3.08. The van der Waals surface area contributed by atoms with Crippen LogP contribution in [-0.2, 0) is 11.3 Å². The van der Waals surface area contributed by atoms with Crippen molar-refractivity contribution >= 4 is 23.5 Å². The number of carbonyl (C=O) groups is 2. The zero-order chi connectivity index (χ0) is 15.6. The predicted octanol–water partition coefficient (Wildman–Crippen LogP) is 2.92. The fraction of sp³-hybridized carbons (Fsp3) is 0.600. The maximum Gasteiger partial charge on any atom is 0.329 e. The molecule has 0 saturated heterocycles. The molecule has 0 aromatic carbocycles. The molecule has 6 heteroatoms. The van der Waals surface area contributed by atoms with Gasteiger partial charge in [-0.15, -0.1) is 0 Å². The number of aryl methyl sites for hydroxylation is 1. The molecular formula is C15H21ClN2O3. The average molecular weight is 313 g/mol. The highest BCUT2D eigenvalue weighted by molar-refractivity contribution is 6.31. The molecular weight excluding hydrogens is 292 g/mol. The lowest BCUT2D eigenvalue weighted by Gasteiger charge is -2.36. The molecule has 2 rings (SSSR count). The van der Waals surface area contributed by atoms with Crippen molar-refractivity contribution in [2.75, 3.05) is 0 Å². The molecule has 1 amide bonds. The molecule has 1 aliphatic carbocycles. The van der Waals surface area contributed by atoms with Gasteiger partial charge in [0, 0.05) is 12.7 Å². The van der Waals surface area contributed by atoms with E-state index < -0.39 is 11.5 Å². The minimum absolute atomic E-state index is 0.374. The maximum atomic E-state index is 12.4. The van der Waals surface area contributed by atoms with E-state index in [4.69, 9.17) is 11.6 Å². The van der Waals surface area contributed by atoms with Crippen molar-refractivity contribution in [2.24, 2.45) is 5.92 Å². The second-order valence-electron chi connectivity index (χ2n) is 5.85. The molecule has 2 N–H and O–H groups in total. The van der Waals surface area contributed by atoms with Gasteiger partial charge in [0.1, 0.15) is 11.2 Å². The Balaban J connectivity index is 2.21. The summed E-state index contributed by atoms with van der Waals surface area (Å²) in [6.07, 6.45) is 4.22. The molecule has 5 nitrogen and oxygen atoms in total. The zero-order valence-corrected chi connectivity index (χ0v) is 13.1. The van der Waals surface area contributed by atoms with Crippen molar-refractivity contribution in [1.82, 2.24) is 9.88 Å². The van der Waals surface area contributed by atoms with E-state index in [0.717, 1.165) is 12.8 Å². The molecule has 0 aliphatic heterocycles. The van der Waals surface area contributed by atoms with E-state index in [2.05, 4.69) is 12.2 Å². The Morgan fingerprint density at radius 3 is 2.62 bits per heavy atom. The number of carboxylic acids is 1. The van der Waals surface area contributed by atoms with Gasteiger partial charge in [0.15, 0.2) is 0 Å². The van der Waals surface area contributed by atoms with Gasteiger partial charge in [-0.25, -0.2) is 4.79 Å². The third kappa shape index (κ3) is 3.23. The molecule has 1 heterocycles. The Morgan fingerprint density at radius 1 is 1.48 bits per heavy atom. The summed E-state index contributed by atoms with van der Waals surface area (Å²) in [6, 6.07) is 1.57. The van der Waals surface area contributed by atoms with Gasteiger partial charge >= 0.3 is 5.97 Å². The smallest absolute Gasteiger partial charge is 0.329 e. The van der Waals surface area contributed by atoms with E-state index in [-0.39, 0.29) is 5.91 Å². The first-order chi connectivity index (χ1) is 9.88. The Kier molecular flexibility index (Phi) is 4.61. The Hall–Kier alpha value is -1.49. The number of hydrogen-bond acceptors (Lipinski definition) is 2. The van der Waals surface area contributed by atoms with Crippen LogP contribution in [0, 0.1) is 5.92 Å². The summed E-state index contributed by atoms with van der Waals surface area (Å²) in [7, 11) is 0. The molecule has 21 heavy (non-hydrogen) atoms. The minimum Gasteiger partial charge on any atom is -0.480 e. The van der Waals surface area contributed by atoms with Crippen LogP contribution in [0.2, 0.25) is 5.02 Å². The molecule has 0 radical (unpaired) electrons. The van der Waals surface area contributed by atoms with Gasteiger partial charge in [-0.05, 0) is 44.6 Å². The van der Waals surface area contributed by atoms with Crippen LogP contribution in [0.5, 0.6) is 0 Å². The van der Waals surface area contributed by atoms with Crippen molar-refractivity contribution in [1.29, 1.82) is 0 Å². The van der Waals surface area contributed by atoms with Crippen LogP contribution in [0.1, 0.15) is 50.0 Å². The van der Waals surface area contributed by atoms with Crippen LogP contribution in [0.15, 0.2) is 12.3 Å². The number of amides is 1. The first-order valence-corrected chi connectivity index (χ1v) is 7.67. The van der Waals surface area contributed by atoms with Gasteiger partial charge in [0.25, 0.3) is 5.91 Å². The molecule has 0 unspecified atom stereocenters. The summed E-state index contributed by atoms with van der Waals surface area (Å²) >= 11 is 5.93. The fourth-order valence-electron chi connectivity index (χ4n) is 2.86. The number of hydrogen-bond donors (Lipinski definition) is 2. The normalized spacial score (nSPS) is 25.6. The summed E-state index contributed by atoms with van der Waals surface area (Å²) in [6.45, 7) is 4.62. The molecule has 1 saturated carbocycles. The highest BCUT2D eigenvalue weighted by Crippen LogP contribution is 2.32. The Labute approximate surface area is 129 Å². The molecule has 0 atom stereocenters. The highest BCUT2D eigenvalue weighted by Gasteiger charge is 2.42. The van der Waals surface area contributed by atoms with Crippen molar-refractivity contribution in [3.63, 3.8) is 0 Å². The van der Waals surface area contributed by atoms with Gasteiger partial charge in [0.05, 0.1) is 5.02 Å². The monoisotopic (exact) mass is 312 g/mol. The highest BCUT2D eigenvalue weighted by atomic mass is 35.5. The summed E-state index contributed by atoms with van der Waals surface area (Å²) in [5.41, 5.74) is -0.749. The SMILES string of the molecule is CCn1cc(Cl)cc1C(=O)NC1(C(=O)O)CCC(C)CC1. The number of nitrogens with zero attached hydrogens (tertiary/aromatic N) is 1. The van der Waals surface area contributed by atoms with E-state index in [9.17, 15) is 14.7 Å². The zero-order valence-electron chi connectivity index (χ0n) is 12.4. The molecule has 0 bridgehead atoms. The number of aromatic nitrogens is 1. The van der Waals surface area contributed by atoms with Crippen molar-refractivity contribution in [3.8, 4) is 0 Å². The number of nitrogens with one attached hydrogen (secondary N) is 1. The first kappa shape index (κ1) is 15.9. The van der Waals surface area contributed by atoms with Gasteiger partial charge in [-0.3, -0.25) is 4.79 Å². The molecule has 1 fully saturated rings. The van der Waals surface area contributed by atoms with Crippen LogP contribution in [0.25, 0.3) is 0 Å². The van der Waals surface area contributed by atoms with Gasteiger partial charge in [-0.1, -0.05) is 18.5 Å². The molecule has 1 aromatic rings. The lowest BCUT2D eigenvalue weighted by atomic mass is 9.77. The molecule has 1 aromatic heterocycles. The van der Waals surface area contributed by atoms with E-state index in [0.29, 0.717) is 36.0 Å². The van der Waals surface area contributed by atoms with E-state index in [1.54, 1.807) is 16.8 Å². The van der Waals surface area contributed by atoms with E-state index in [1.807, 2.05) is 6.92 Å². The maximum absolute atomic E-state index is 12.4. The second-order valence-corrected chi connectivity index (χ2v) is 6.29. The lowest BCUT2D eigenvalue weighted by Crippen LogP contribution is -2.56. The summed E-state index contributed by atoms with van der Waals surface area (Å²) < 4.78 is 1.72. The van der Waals surface area contributed by atoms with Crippen LogP contribution in [0.4, 0.5) is 0 Å². The molecule has 1 aliphatic rings. The van der Waals surface area contributed by atoms with Crippen LogP contribution >= 0.6 is 11.6 Å². The Morgan fingerprint density at radius 2 is 2.10 bits per heavy atom. The molecule has 0 spiro atoms. The summed E-state index contributed by atoms with van der Waals surface area (Å²) in [5, 5.41) is 12.8. The average Bonchev–Trinajstić information content (AvgIpc) is 2.82. The summed E-state index contributed by atoms with van der Waals surface area (Å²) in [5.74, 6) is -0.826. The third-order valence-corrected chi connectivity index (χ3v) is 4.53. The second kappa shape index (κ2) is 6.10.